The molecule has 1 amide bonds. The van der Waals surface area contributed by atoms with Gasteiger partial charge in [-0.1, -0.05) is 12.5 Å². The van der Waals surface area contributed by atoms with Crippen LogP contribution < -0.4 is 10.1 Å². The van der Waals surface area contributed by atoms with Crippen molar-refractivity contribution >= 4 is 11.6 Å². The average molecular weight is 426 g/mol. The summed E-state index contributed by atoms with van der Waals surface area (Å²) < 4.78 is 35.2. The molecule has 0 spiro atoms. The predicted molar refractivity (Wildman–Crippen MR) is 112 cm³/mol. The lowest BCUT2D eigenvalue weighted by molar-refractivity contribution is 0.0946. The quantitative estimate of drug-likeness (QED) is 0.506. The van der Waals surface area contributed by atoms with Crippen molar-refractivity contribution in [2.24, 2.45) is 0 Å². The number of hydrogen-bond acceptors (Lipinski definition) is 4. The lowest BCUT2D eigenvalue weighted by atomic mass is 10.2. The van der Waals surface area contributed by atoms with Gasteiger partial charge in [0.15, 0.2) is 11.4 Å². The summed E-state index contributed by atoms with van der Waals surface area (Å²) in [7, 11) is 0. The zero-order valence-electron chi connectivity index (χ0n) is 17.5. The number of imidazole rings is 1. The molecule has 6 nitrogen and oxygen atoms in total. The highest BCUT2D eigenvalue weighted by Gasteiger charge is 2.20. The van der Waals surface area contributed by atoms with E-state index in [1.165, 1.54) is 18.2 Å². The number of benzene rings is 1. The van der Waals surface area contributed by atoms with E-state index in [2.05, 4.69) is 16.4 Å². The predicted octanol–water partition coefficient (Wildman–Crippen LogP) is 4.62. The lowest BCUT2D eigenvalue weighted by Crippen LogP contribution is -2.26. The second-order valence-corrected chi connectivity index (χ2v) is 7.33. The van der Waals surface area contributed by atoms with E-state index in [1.807, 2.05) is 6.92 Å². The van der Waals surface area contributed by atoms with E-state index in [0.717, 1.165) is 24.8 Å². The van der Waals surface area contributed by atoms with E-state index in [1.54, 1.807) is 23.6 Å². The van der Waals surface area contributed by atoms with E-state index in [0.29, 0.717) is 35.8 Å². The molecule has 2 heterocycles. The first-order valence-electron chi connectivity index (χ1n) is 10.1. The molecule has 0 aliphatic carbocycles. The molecule has 0 radical (unpaired) electrons. The van der Waals surface area contributed by atoms with Crippen LogP contribution in [0.4, 0.5) is 8.78 Å². The van der Waals surface area contributed by atoms with Gasteiger partial charge in [-0.3, -0.25) is 9.20 Å². The van der Waals surface area contributed by atoms with Crippen molar-refractivity contribution in [3.63, 3.8) is 0 Å². The minimum absolute atomic E-state index is 0.167. The SMILES string of the molecule is Cc1cc(OCc2c(F)cccc2F)c2nc(C)c(C(=O)NCCCCCC#N)n2c1. The molecule has 1 N–H and O–H groups in total. The fourth-order valence-electron chi connectivity index (χ4n) is 3.35. The van der Waals surface area contributed by atoms with Crippen LogP contribution in [0.3, 0.4) is 0 Å². The number of unbranched alkanes of at least 4 members (excludes halogenated alkanes) is 3. The van der Waals surface area contributed by atoms with Gasteiger partial charge in [-0.05, 0) is 50.5 Å². The van der Waals surface area contributed by atoms with Crippen molar-refractivity contribution in [1.29, 1.82) is 5.26 Å². The number of nitriles is 1. The number of rotatable bonds is 9. The van der Waals surface area contributed by atoms with Gasteiger partial charge >= 0.3 is 0 Å². The van der Waals surface area contributed by atoms with Gasteiger partial charge in [0.1, 0.15) is 23.9 Å². The molecule has 0 fully saturated rings. The third-order valence-electron chi connectivity index (χ3n) is 4.90. The summed E-state index contributed by atoms with van der Waals surface area (Å²) in [5.74, 6) is -1.29. The highest BCUT2D eigenvalue weighted by atomic mass is 19.1. The smallest absolute Gasteiger partial charge is 0.270 e. The highest BCUT2D eigenvalue weighted by molar-refractivity contribution is 5.95. The molecule has 0 atom stereocenters. The van der Waals surface area contributed by atoms with Crippen molar-refractivity contribution < 1.29 is 18.3 Å². The molecule has 0 unspecified atom stereocenters. The number of halogens is 2. The second-order valence-electron chi connectivity index (χ2n) is 7.33. The maximum atomic E-state index is 13.9. The number of aryl methyl sites for hydroxylation is 2. The fraction of sp³-hybridized carbons (Fsp3) is 0.348. The van der Waals surface area contributed by atoms with Crippen LogP contribution in [0.5, 0.6) is 5.75 Å². The van der Waals surface area contributed by atoms with Crippen LogP contribution in [0.1, 0.15) is 53.0 Å². The van der Waals surface area contributed by atoms with Crippen LogP contribution in [0.25, 0.3) is 5.65 Å². The number of nitrogens with zero attached hydrogens (tertiary/aromatic N) is 3. The molecule has 1 aromatic carbocycles. The fourth-order valence-corrected chi connectivity index (χ4v) is 3.35. The molecule has 0 saturated heterocycles. The number of nitrogens with one attached hydrogen (secondary N) is 1. The Labute approximate surface area is 179 Å². The van der Waals surface area contributed by atoms with E-state index < -0.39 is 11.6 Å². The van der Waals surface area contributed by atoms with Crippen LogP contribution in [-0.2, 0) is 6.61 Å². The Kier molecular flexibility index (Phi) is 7.19. The summed E-state index contributed by atoms with van der Waals surface area (Å²) >= 11 is 0. The monoisotopic (exact) mass is 426 g/mol. The van der Waals surface area contributed by atoms with Gasteiger partial charge in [-0.2, -0.15) is 5.26 Å². The normalized spacial score (nSPS) is 10.8. The average Bonchev–Trinajstić information content (AvgIpc) is 3.05. The van der Waals surface area contributed by atoms with Crippen molar-refractivity contribution in [3.8, 4) is 11.8 Å². The number of carbonyl (C=O) groups excluding carboxylic acids is 1. The molecule has 8 heteroatoms. The highest BCUT2D eigenvalue weighted by Crippen LogP contribution is 2.26. The zero-order chi connectivity index (χ0) is 22.4. The molecule has 3 aromatic rings. The molecule has 0 bridgehead atoms. The van der Waals surface area contributed by atoms with Gasteiger partial charge in [0.25, 0.3) is 5.91 Å². The van der Waals surface area contributed by atoms with Crippen LogP contribution in [0.15, 0.2) is 30.5 Å². The third kappa shape index (κ3) is 5.18. The molecule has 3 rings (SSSR count). The van der Waals surface area contributed by atoms with Crippen LogP contribution in [0.2, 0.25) is 0 Å². The number of hydrogen-bond donors (Lipinski definition) is 1. The van der Waals surface area contributed by atoms with Crippen LogP contribution in [-0.4, -0.2) is 21.8 Å². The first-order chi connectivity index (χ1) is 14.9. The third-order valence-corrected chi connectivity index (χ3v) is 4.90. The summed E-state index contributed by atoms with van der Waals surface area (Å²) in [5.41, 5.74) is 1.95. The maximum Gasteiger partial charge on any atom is 0.270 e. The van der Waals surface area contributed by atoms with E-state index in [-0.39, 0.29) is 18.1 Å². The minimum atomic E-state index is -0.682. The van der Waals surface area contributed by atoms with Crippen LogP contribution in [0, 0.1) is 36.8 Å². The Morgan fingerprint density at radius 1 is 1.23 bits per heavy atom. The first-order valence-corrected chi connectivity index (χ1v) is 10.1. The van der Waals surface area contributed by atoms with E-state index >= 15 is 0 Å². The van der Waals surface area contributed by atoms with Crippen molar-refractivity contribution in [2.45, 2.75) is 46.1 Å². The molecule has 0 saturated carbocycles. The van der Waals surface area contributed by atoms with Gasteiger partial charge < -0.3 is 10.1 Å². The summed E-state index contributed by atoms with van der Waals surface area (Å²) in [6.45, 7) is 3.76. The lowest BCUT2D eigenvalue weighted by Gasteiger charge is -2.11. The number of amides is 1. The van der Waals surface area contributed by atoms with Crippen molar-refractivity contribution in [1.82, 2.24) is 14.7 Å². The molecular formula is C23H24F2N4O2. The summed E-state index contributed by atoms with van der Waals surface area (Å²) in [4.78, 5) is 17.2. The van der Waals surface area contributed by atoms with Gasteiger partial charge in [-0.15, -0.1) is 0 Å². The molecule has 0 aliphatic rings. The van der Waals surface area contributed by atoms with E-state index in [9.17, 15) is 13.6 Å². The Bertz CT molecular complexity index is 1110. The topological polar surface area (TPSA) is 79.4 Å². The Morgan fingerprint density at radius 3 is 2.68 bits per heavy atom. The molecule has 31 heavy (non-hydrogen) atoms. The number of aromatic nitrogens is 2. The van der Waals surface area contributed by atoms with Gasteiger partial charge in [-0.25, -0.2) is 13.8 Å². The van der Waals surface area contributed by atoms with E-state index in [4.69, 9.17) is 10.00 Å². The number of carbonyl (C=O) groups is 1. The van der Waals surface area contributed by atoms with Crippen molar-refractivity contribution in [2.75, 3.05) is 6.54 Å². The van der Waals surface area contributed by atoms with Gasteiger partial charge in [0.2, 0.25) is 0 Å². The zero-order valence-corrected chi connectivity index (χ0v) is 17.5. The molecule has 2 aromatic heterocycles. The summed E-state index contributed by atoms with van der Waals surface area (Å²) in [5, 5.41) is 11.4. The Balaban J connectivity index is 1.79. The summed E-state index contributed by atoms with van der Waals surface area (Å²) in [6.07, 6.45) is 4.74. The largest absolute Gasteiger partial charge is 0.485 e. The maximum absolute atomic E-state index is 13.9. The standard InChI is InChI=1S/C23H24F2N4O2/c1-15-12-20(31-14-17-18(24)8-7-9-19(17)25)22-28-16(2)21(29(22)13-15)23(30)27-11-6-4-3-5-10-26/h7-9,12-13H,3-6,11,14H2,1-2H3,(H,27,30). The first kappa shape index (κ1) is 22.2. The number of ether oxygens (including phenoxy) is 1. The molecular weight excluding hydrogens is 402 g/mol. The van der Waals surface area contributed by atoms with Crippen LogP contribution >= 0.6 is 0 Å². The van der Waals surface area contributed by atoms with Gasteiger partial charge in [0, 0.05) is 19.2 Å². The number of pyridine rings is 1. The van der Waals surface area contributed by atoms with Gasteiger partial charge in [0.05, 0.1) is 17.3 Å². The second kappa shape index (κ2) is 10.0. The Morgan fingerprint density at radius 2 is 1.97 bits per heavy atom. The molecule has 162 valence electrons. The van der Waals surface area contributed by atoms with Crippen molar-refractivity contribution in [3.05, 3.63) is 64.6 Å². The summed E-state index contributed by atoms with van der Waals surface area (Å²) in [6, 6.07) is 7.47. The number of fused-ring (bicyclic) bond motifs is 1. The Hall–Kier alpha value is -3.47. The molecule has 0 aliphatic heterocycles. The minimum Gasteiger partial charge on any atom is -0.485 e.